The van der Waals surface area contributed by atoms with Crippen molar-refractivity contribution in [3.05, 3.63) is 21.6 Å². The lowest BCUT2D eigenvalue weighted by molar-refractivity contribution is -0.387. The van der Waals surface area contributed by atoms with E-state index in [0.29, 0.717) is 18.9 Å². The molecule has 0 spiro atoms. The molecule has 1 aliphatic rings. The molecule has 1 aromatic heterocycles. The smallest absolute Gasteiger partial charge is 0.351 e. The van der Waals surface area contributed by atoms with Crippen LogP contribution in [-0.2, 0) is 0 Å². The minimum Gasteiger partial charge on any atom is -0.466 e. The normalized spacial score (nSPS) is 24.6. The SMILES string of the molecule is [2H]B(P)S.[3H]OCCCC1C[C@H](CCC)[C@@H](O)[C@H]1Oc1nc(C)nc(C)c1[N+](=O)[O-]. The average molecular weight is 434 g/mol. The van der Waals surface area contributed by atoms with Crippen molar-refractivity contribution in [3.63, 3.8) is 0 Å². The fourth-order valence-electron chi connectivity index (χ4n) is 3.76. The van der Waals surface area contributed by atoms with Crippen LogP contribution in [0.4, 0.5) is 5.69 Å². The molecule has 0 aliphatic heterocycles. The van der Waals surface area contributed by atoms with E-state index in [1.165, 1.54) is 0 Å². The van der Waals surface area contributed by atoms with E-state index in [0.717, 1.165) is 25.7 Å². The number of aliphatic hydroxyl groups excluding tert-OH is 2. The number of rotatable bonds is 9. The van der Waals surface area contributed by atoms with Crippen LogP contribution in [0.1, 0.15) is 50.5 Å². The molecule has 0 bridgehead atoms. The average Bonchev–Trinajstić information content (AvgIpc) is 2.90. The highest BCUT2D eigenvalue weighted by Crippen LogP contribution is 2.40. The number of aliphatic hydroxyl groups is 2. The standard InChI is InChI=1S/C17H27N3O5.BH4PS/c1-4-6-12-9-13(7-5-8-21)16(15(12)22)25-17-14(20(23)24)10(2)18-11(3)19-17;2-1-3/h12-13,15-16,21-22H,4-9H2,1-3H3;1,3H,2H2/t12-,13?,15+,16-;/m0./s1/i21T;1D. The summed E-state index contributed by atoms with van der Waals surface area (Å²) in [4.78, 5) is 19.0. The molecule has 11 heteroatoms. The van der Waals surface area contributed by atoms with E-state index in [1.54, 1.807) is 13.8 Å². The Labute approximate surface area is 177 Å². The number of nitro groups is 1. The maximum Gasteiger partial charge on any atom is 0.351 e. The third kappa shape index (κ3) is 6.83. The number of hydrogen-bond acceptors (Lipinski definition) is 8. The first-order valence-electron chi connectivity index (χ1n) is 10.4. The van der Waals surface area contributed by atoms with Crippen LogP contribution in [0.15, 0.2) is 0 Å². The van der Waals surface area contributed by atoms with Gasteiger partial charge in [0.1, 0.15) is 17.6 Å². The number of ether oxygens (including phenoxy) is 1. The molecule has 8 nitrogen and oxygen atoms in total. The molecule has 2 unspecified atom stereocenters. The molecule has 0 saturated heterocycles. The van der Waals surface area contributed by atoms with E-state index in [2.05, 4.69) is 43.6 Å². The zero-order valence-electron chi connectivity index (χ0n) is 18.6. The molecule has 1 saturated carbocycles. The van der Waals surface area contributed by atoms with Crippen LogP contribution in [0.2, 0.25) is 0 Å². The second kappa shape index (κ2) is 12.6. The first-order chi connectivity index (χ1) is 14.1. The van der Waals surface area contributed by atoms with Gasteiger partial charge in [-0.25, -0.2) is 17.5 Å². The molecule has 2 rings (SSSR count). The van der Waals surface area contributed by atoms with Gasteiger partial charge in [0.05, 0.1) is 11.0 Å². The lowest BCUT2D eigenvalue weighted by atomic mass is 9.97. The summed E-state index contributed by atoms with van der Waals surface area (Å²) in [5, 5.41) is 26.5. The number of nitrogens with zero attached hydrogens (tertiary/aromatic N) is 3. The van der Waals surface area contributed by atoms with E-state index < -0.39 is 17.1 Å². The predicted molar refractivity (Wildman–Crippen MR) is 117 cm³/mol. The molecule has 1 fully saturated rings. The molecule has 0 aromatic carbocycles. The zero-order chi connectivity index (χ0) is 22.8. The van der Waals surface area contributed by atoms with E-state index in [-0.39, 0.29) is 35.3 Å². The van der Waals surface area contributed by atoms with Crippen molar-refractivity contribution in [2.45, 2.75) is 65.1 Å². The van der Waals surface area contributed by atoms with Crippen LogP contribution < -0.4 is 4.74 Å². The van der Waals surface area contributed by atoms with Gasteiger partial charge >= 0.3 is 5.69 Å². The third-order valence-electron chi connectivity index (χ3n) is 4.84. The first kappa shape index (κ1) is 21.7. The summed E-state index contributed by atoms with van der Waals surface area (Å²) in [6.07, 6.45) is 2.42. The summed E-state index contributed by atoms with van der Waals surface area (Å²) in [6.45, 7) is 5.57. The fourth-order valence-corrected chi connectivity index (χ4v) is 3.76. The number of aryl methyl sites for hydroxylation is 2. The van der Waals surface area contributed by atoms with E-state index in [4.69, 9.17) is 7.50 Å². The number of aromatic nitrogens is 2. The summed E-state index contributed by atoms with van der Waals surface area (Å²) in [5.41, 5.74) is -0.00997. The van der Waals surface area contributed by atoms with E-state index in [9.17, 15) is 15.2 Å². The van der Waals surface area contributed by atoms with Crippen molar-refractivity contribution in [2.75, 3.05) is 6.61 Å². The van der Waals surface area contributed by atoms with Crippen molar-refractivity contribution in [2.24, 2.45) is 11.8 Å². The van der Waals surface area contributed by atoms with Gasteiger partial charge in [0, 0.05) is 6.61 Å². The molecule has 1 aliphatic carbocycles. The summed E-state index contributed by atoms with van der Waals surface area (Å²) >= 11 is 3.60. The summed E-state index contributed by atoms with van der Waals surface area (Å²) < 4.78 is 19.1. The third-order valence-corrected chi connectivity index (χ3v) is 4.84. The second-order valence-electron chi connectivity index (χ2n) is 6.88. The van der Waals surface area contributed by atoms with Gasteiger partial charge in [-0.05, 0) is 52.7 Å². The van der Waals surface area contributed by atoms with Crippen LogP contribution in [0, 0.1) is 35.8 Å². The van der Waals surface area contributed by atoms with Gasteiger partial charge in [-0.2, -0.15) is 14.1 Å². The Bertz CT molecular complexity index is 692. The van der Waals surface area contributed by atoms with Crippen LogP contribution >= 0.6 is 21.6 Å². The van der Waals surface area contributed by atoms with Crippen LogP contribution in [0.5, 0.6) is 5.88 Å². The van der Waals surface area contributed by atoms with Crippen molar-refractivity contribution in [3.8, 4) is 5.88 Å². The lowest BCUT2D eigenvalue weighted by Gasteiger charge is -2.23. The monoisotopic (exact) mass is 434 g/mol. The molecule has 1 heterocycles. The highest BCUT2D eigenvalue weighted by molar-refractivity contribution is 8.20. The zero-order valence-corrected chi connectivity index (χ0v) is 18.6. The van der Waals surface area contributed by atoms with Crippen molar-refractivity contribution >= 4 is 33.5 Å². The Hall–Kier alpha value is -0.955. The Morgan fingerprint density at radius 2 is 2.18 bits per heavy atom. The van der Waals surface area contributed by atoms with Crippen LogP contribution in [0.3, 0.4) is 0 Å². The van der Waals surface area contributed by atoms with Crippen LogP contribution in [-0.4, -0.2) is 52.9 Å². The molecule has 5 atom stereocenters. The maximum absolute atomic E-state index is 11.4. The van der Waals surface area contributed by atoms with Gasteiger partial charge in [0.15, 0.2) is 0 Å². The minimum absolute atomic E-state index is 0.0341. The van der Waals surface area contributed by atoms with Gasteiger partial charge in [-0.15, -0.1) is 0 Å². The molecule has 0 amide bonds. The van der Waals surface area contributed by atoms with Gasteiger partial charge in [-0.3, -0.25) is 10.1 Å². The van der Waals surface area contributed by atoms with E-state index in [1.807, 2.05) is 0 Å². The molecular formula is C17H31BN3O5PS. The number of thiol groups is 1. The van der Waals surface area contributed by atoms with Gasteiger partial charge in [0.2, 0.25) is 7.67 Å². The topological polar surface area (TPSA) is 119 Å². The Kier molecular flexibility index (Phi) is 9.77. The van der Waals surface area contributed by atoms with Crippen molar-refractivity contribution in [1.82, 2.24) is 9.97 Å². The van der Waals surface area contributed by atoms with Crippen molar-refractivity contribution < 1.29 is 19.9 Å². The summed E-state index contributed by atoms with van der Waals surface area (Å²) in [5.74, 6) is 0.435. The predicted octanol–water partition coefficient (Wildman–Crippen LogP) is 2.38. The summed E-state index contributed by atoms with van der Waals surface area (Å²) in [7, 11) is 2.19. The Morgan fingerprint density at radius 3 is 2.75 bits per heavy atom. The Morgan fingerprint density at radius 1 is 1.50 bits per heavy atom. The maximum atomic E-state index is 11.4. The fraction of sp³-hybridized carbons (Fsp3) is 0.765. The summed E-state index contributed by atoms with van der Waals surface area (Å²) in [6, 6.07) is 0. The molecule has 2 N–H and O–H groups in total. The molecule has 1 aromatic rings. The largest absolute Gasteiger partial charge is 0.466 e. The first-order valence-corrected chi connectivity index (χ1v) is 10.6. The van der Waals surface area contributed by atoms with Gasteiger partial charge in [0.25, 0.3) is 5.88 Å². The van der Waals surface area contributed by atoms with E-state index >= 15 is 0 Å². The highest BCUT2D eigenvalue weighted by Gasteiger charge is 2.44. The van der Waals surface area contributed by atoms with Gasteiger partial charge < -0.3 is 15.0 Å². The van der Waals surface area contributed by atoms with Crippen molar-refractivity contribution in [1.29, 1.82) is 2.77 Å². The second-order valence-corrected chi connectivity index (χ2v) is 8.07. The number of hydrogen-bond donors (Lipinski definition) is 3. The molecule has 0 radical (unpaired) electrons. The molecule has 28 heavy (non-hydrogen) atoms. The minimum atomic E-state index is -0.702. The molecular weight excluding hydrogens is 400 g/mol. The highest BCUT2D eigenvalue weighted by atomic mass is 32.1. The molecule has 158 valence electrons. The van der Waals surface area contributed by atoms with Crippen LogP contribution in [0.25, 0.3) is 0 Å². The van der Waals surface area contributed by atoms with Gasteiger partial charge in [-0.1, -0.05) is 13.3 Å². The Balaban J connectivity index is 0.00000103. The quantitative estimate of drug-likeness (QED) is 0.136. The lowest BCUT2D eigenvalue weighted by Crippen LogP contribution is -2.34.